The molecule has 0 amide bonds. The SMILES string of the molecule is CNC(=S)N/N=C\c1ccc(OC(=O)c2ccc(Cl)cc2Cl)c(OC)c1. The van der Waals surface area contributed by atoms with Gasteiger partial charge in [-0.25, -0.2) is 4.79 Å². The summed E-state index contributed by atoms with van der Waals surface area (Å²) >= 11 is 16.8. The maximum Gasteiger partial charge on any atom is 0.345 e. The van der Waals surface area contributed by atoms with E-state index in [1.165, 1.54) is 19.2 Å². The van der Waals surface area contributed by atoms with Gasteiger partial charge in [-0.3, -0.25) is 5.43 Å². The Labute approximate surface area is 166 Å². The summed E-state index contributed by atoms with van der Waals surface area (Å²) in [5, 5.41) is 7.73. The number of hydrogen-bond acceptors (Lipinski definition) is 5. The van der Waals surface area contributed by atoms with E-state index in [0.29, 0.717) is 15.9 Å². The minimum atomic E-state index is -0.618. The Balaban J connectivity index is 2.16. The lowest BCUT2D eigenvalue weighted by Gasteiger charge is -2.10. The summed E-state index contributed by atoms with van der Waals surface area (Å²) in [6, 6.07) is 9.50. The van der Waals surface area contributed by atoms with Gasteiger partial charge in [-0.2, -0.15) is 5.10 Å². The second-order valence-electron chi connectivity index (χ2n) is 4.87. The first-order chi connectivity index (χ1) is 12.4. The zero-order valence-corrected chi connectivity index (χ0v) is 16.2. The molecule has 2 aromatic carbocycles. The Bertz CT molecular complexity index is 859. The average molecular weight is 412 g/mol. The number of hydrogen-bond donors (Lipinski definition) is 2. The zero-order valence-electron chi connectivity index (χ0n) is 13.9. The summed E-state index contributed by atoms with van der Waals surface area (Å²) in [5.74, 6) is -0.00429. The molecule has 26 heavy (non-hydrogen) atoms. The number of methoxy groups -OCH3 is 1. The van der Waals surface area contributed by atoms with Gasteiger partial charge in [-0.15, -0.1) is 0 Å². The van der Waals surface area contributed by atoms with Crippen molar-refractivity contribution in [1.82, 2.24) is 10.7 Å². The normalized spacial score (nSPS) is 10.5. The van der Waals surface area contributed by atoms with Gasteiger partial charge in [0.05, 0.1) is 23.9 Å². The number of nitrogens with one attached hydrogen (secondary N) is 2. The van der Waals surface area contributed by atoms with E-state index >= 15 is 0 Å². The number of carbonyl (C=O) groups is 1. The molecule has 2 N–H and O–H groups in total. The van der Waals surface area contributed by atoms with Crippen LogP contribution in [0, 0.1) is 0 Å². The van der Waals surface area contributed by atoms with Crippen LogP contribution in [-0.2, 0) is 0 Å². The fourth-order valence-corrected chi connectivity index (χ4v) is 2.42. The van der Waals surface area contributed by atoms with E-state index in [2.05, 4.69) is 15.8 Å². The first-order valence-electron chi connectivity index (χ1n) is 7.30. The number of thiocarbonyl (C=S) groups is 1. The second kappa shape index (κ2) is 9.38. The molecular weight excluding hydrogens is 397 g/mol. The lowest BCUT2D eigenvalue weighted by atomic mass is 10.2. The number of ether oxygens (including phenoxy) is 2. The molecule has 0 aromatic heterocycles. The van der Waals surface area contributed by atoms with Crippen LogP contribution in [0.5, 0.6) is 11.5 Å². The van der Waals surface area contributed by atoms with Crippen LogP contribution in [-0.4, -0.2) is 31.5 Å². The first kappa shape index (κ1) is 20.0. The van der Waals surface area contributed by atoms with Crippen molar-refractivity contribution in [1.29, 1.82) is 0 Å². The smallest absolute Gasteiger partial charge is 0.345 e. The fourth-order valence-electron chi connectivity index (χ4n) is 1.88. The summed E-state index contributed by atoms with van der Waals surface area (Å²) in [6.07, 6.45) is 1.55. The first-order valence-corrected chi connectivity index (χ1v) is 8.47. The van der Waals surface area contributed by atoms with E-state index in [1.807, 2.05) is 0 Å². The standard InChI is InChI=1S/C17H15Cl2N3O3S/c1-20-17(26)22-21-9-10-3-6-14(15(7-10)24-2)25-16(23)12-5-4-11(18)8-13(12)19/h3-9H,1-2H3,(H2,20,22,26)/b21-9-. The van der Waals surface area contributed by atoms with Crippen molar-refractivity contribution in [3.63, 3.8) is 0 Å². The van der Waals surface area contributed by atoms with E-state index in [9.17, 15) is 4.79 Å². The van der Waals surface area contributed by atoms with Gasteiger partial charge in [0.25, 0.3) is 0 Å². The summed E-state index contributed by atoms with van der Waals surface area (Å²) in [5.41, 5.74) is 3.56. The molecule has 0 unspecified atom stereocenters. The Morgan fingerprint density at radius 1 is 1.19 bits per heavy atom. The molecule has 136 valence electrons. The Morgan fingerprint density at radius 2 is 1.96 bits per heavy atom. The van der Waals surface area contributed by atoms with Crippen LogP contribution in [0.2, 0.25) is 10.0 Å². The van der Waals surface area contributed by atoms with Crippen LogP contribution in [0.3, 0.4) is 0 Å². The van der Waals surface area contributed by atoms with E-state index in [0.717, 1.165) is 5.56 Å². The summed E-state index contributed by atoms with van der Waals surface area (Å²) in [7, 11) is 3.15. The van der Waals surface area contributed by atoms with Gasteiger partial charge >= 0.3 is 5.97 Å². The summed E-state index contributed by atoms with van der Waals surface area (Å²) in [6.45, 7) is 0. The molecule has 0 heterocycles. The van der Waals surface area contributed by atoms with Gasteiger partial charge in [0.1, 0.15) is 0 Å². The molecule has 0 radical (unpaired) electrons. The van der Waals surface area contributed by atoms with E-state index < -0.39 is 5.97 Å². The molecule has 2 aromatic rings. The predicted octanol–water partition coefficient (Wildman–Crippen LogP) is 3.65. The maximum atomic E-state index is 12.3. The van der Waals surface area contributed by atoms with Crippen LogP contribution >= 0.6 is 35.4 Å². The van der Waals surface area contributed by atoms with E-state index in [4.69, 9.17) is 44.9 Å². The third-order valence-electron chi connectivity index (χ3n) is 3.15. The Hall–Kier alpha value is -2.35. The highest BCUT2D eigenvalue weighted by molar-refractivity contribution is 7.80. The molecule has 0 aliphatic carbocycles. The monoisotopic (exact) mass is 411 g/mol. The van der Waals surface area contributed by atoms with Crippen molar-refractivity contribution in [2.75, 3.05) is 14.2 Å². The molecule has 0 atom stereocenters. The fraction of sp³-hybridized carbons (Fsp3) is 0.118. The molecule has 0 fully saturated rings. The topological polar surface area (TPSA) is 72.0 Å². The van der Waals surface area contributed by atoms with Crippen molar-refractivity contribution >= 4 is 52.7 Å². The molecule has 0 saturated heterocycles. The highest BCUT2D eigenvalue weighted by Crippen LogP contribution is 2.29. The molecule has 9 heteroatoms. The molecule has 0 aliphatic rings. The van der Waals surface area contributed by atoms with E-state index in [1.54, 1.807) is 37.5 Å². The Kier molecular flexibility index (Phi) is 7.20. The quantitative estimate of drug-likeness (QED) is 0.257. The third-order valence-corrected chi connectivity index (χ3v) is 3.99. The zero-order chi connectivity index (χ0) is 19.1. The van der Waals surface area contributed by atoms with Crippen molar-refractivity contribution in [3.8, 4) is 11.5 Å². The number of benzene rings is 2. The molecule has 0 spiro atoms. The van der Waals surface area contributed by atoms with E-state index in [-0.39, 0.29) is 16.3 Å². The van der Waals surface area contributed by atoms with Crippen molar-refractivity contribution in [2.24, 2.45) is 5.10 Å². The minimum Gasteiger partial charge on any atom is -0.493 e. The number of halogens is 2. The number of rotatable bonds is 5. The van der Waals surface area contributed by atoms with Gasteiger partial charge in [-0.05, 0) is 54.2 Å². The summed E-state index contributed by atoms with van der Waals surface area (Å²) in [4.78, 5) is 12.3. The maximum absolute atomic E-state index is 12.3. The van der Waals surface area contributed by atoms with Crippen LogP contribution in [0.4, 0.5) is 0 Å². The molecule has 0 saturated carbocycles. The van der Waals surface area contributed by atoms with Crippen LogP contribution < -0.4 is 20.2 Å². The van der Waals surface area contributed by atoms with Gasteiger partial charge < -0.3 is 14.8 Å². The van der Waals surface area contributed by atoms with Gasteiger partial charge in [-0.1, -0.05) is 23.2 Å². The lowest BCUT2D eigenvalue weighted by Crippen LogP contribution is -2.28. The van der Waals surface area contributed by atoms with Crippen LogP contribution in [0.15, 0.2) is 41.5 Å². The highest BCUT2D eigenvalue weighted by atomic mass is 35.5. The summed E-state index contributed by atoms with van der Waals surface area (Å²) < 4.78 is 10.6. The van der Waals surface area contributed by atoms with Crippen LogP contribution in [0.1, 0.15) is 15.9 Å². The number of nitrogens with zero attached hydrogens (tertiary/aromatic N) is 1. The lowest BCUT2D eigenvalue weighted by molar-refractivity contribution is 0.0730. The molecule has 6 nitrogen and oxygen atoms in total. The largest absolute Gasteiger partial charge is 0.493 e. The van der Waals surface area contributed by atoms with Gasteiger partial charge in [0.15, 0.2) is 16.6 Å². The van der Waals surface area contributed by atoms with Gasteiger partial charge in [0.2, 0.25) is 0 Å². The molecule has 2 rings (SSSR count). The number of esters is 1. The predicted molar refractivity (Wildman–Crippen MR) is 107 cm³/mol. The van der Waals surface area contributed by atoms with Crippen molar-refractivity contribution in [3.05, 3.63) is 57.6 Å². The second-order valence-corrected chi connectivity index (χ2v) is 6.12. The van der Waals surface area contributed by atoms with Gasteiger partial charge in [0, 0.05) is 12.1 Å². The third kappa shape index (κ3) is 5.32. The van der Waals surface area contributed by atoms with Crippen molar-refractivity contribution in [2.45, 2.75) is 0 Å². The molecular formula is C17H15Cl2N3O3S. The highest BCUT2D eigenvalue weighted by Gasteiger charge is 2.16. The Morgan fingerprint density at radius 3 is 2.62 bits per heavy atom. The minimum absolute atomic E-state index is 0.202. The van der Waals surface area contributed by atoms with Crippen LogP contribution in [0.25, 0.3) is 0 Å². The number of carbonyl (C=O) groups excluding carboxylic acids is 1. The molecule has 0 aliphatic heterocycles. The van der Waals surface area contributed by atoms with Crippen molar-refractivity contribution < 1.29 is 14.3 Å². The number of hydrazone groups is 1. The molecule has 0 bridgehead atoms. The average Bonchev–Trinajstić information content (AvgIpc) is 2.62.